The predicted octanol–water partition coefficient (Wildman–Crippen LogP) is 2.74. The zero-order valence-corrected chi connectivity index (χ0v) is 8.43. The number of hydrogen-bond donors (Lipinski definition) is 1. The molecule has 0 saturated heterocycles. The van der Waals surface area contributed by atoms with E-state index in [0.29, 0.717) is 5.56 Å². The van der Waals surface area contributed by atoms with Crippen LogP contribution in [0.2, 0.25) is 0 Å². The zero-order chi connectivity index (χ0) is 10.2. The van der Waals surface area contributed by atoms with Crippen molar-refractivity contribution in [2.75, 3.05) is 11.9 Å². The van der Waals surface area contributed by atoms with Gasteiger partial charge in [-0.15, -0.1) is 0 Å². The number of hydrogen-bond acceptors (Lipinski definition) is 2. The van der Waals surface area contributed by atoms with E-state index in [1.165, 1.54) is 0 Å². The van der Waals surface area contributed by atoms with Gasteiger partial charge < -0.3 is 10.1 Å². The quantitative estimate of drug-likeness (QED) is 0.744. The Morgan fingerprint density at radius 3 is 3.00 bits per heavy atom. The molecule has 0 radical (unpaired) electrons. The minimum absolute atomic E-state index is 0.220. The van der Waals surface area contributed by atoms with Crippen LogP contribution in [-0.2, 0) is 6.67 Å². The van der Waals surface area contributed by atoms with Crippen LogP contribution < -0.4 is 10.1 Å². The molecule has 1 aromatic rings. The number of ether oxygens (including phenoxy) is 1. The highest BCUT2D eigenvalue weighted by Gasteiger charge is 2.26. The van der Waals surface area contributed by atoms with Gasteiger partial charge in [-0.2, -0.15) is 0 Å². The highest BCUT2D eigenvalue weighted by molar-refractivity contribution is 5.59. The second-order valence-corrected chi connectivity index (χ2v) is 4.18. The standard InChI is InChI=1S/C11H14FNO/c1-11(2)7-13-9-4-3-8(6-12)5-10(9)14-11/h3-5,13H,6-7H2,1-2H3. The summed E-state index contributed by atoms with van der Waals surface area (Å²) < 4.78 is 18.1. The Morgan fingerprint density at radius 2 is 2.29 bits per heavy atom. The topological polar surface area (TPSA) is 21.3 Å². The van der Waals surface area contributed by atoms with Crippen LogP contribution in [0.15, 0.2) is 18.2 Å². The Kier molecular flexibility index (Phi) is 2.10. The molecule has 0 fully saturated rings. The monoisotopic (exact) mass is 195 g/mol. The molecule has 0 aliphatic carbocycles. The van der Waals surface area contributed by atoms with Crippen LogP contribution in [0.3, 0.4) is 0 Å². The van der Waals surface area contributed by atoms with Crippen LogP contribution in [0.25, 0.3) is 0 Å². The van der Waals surface area contributed by atoms with Gasteiger partial charge in [0, 0.05) is 0 Å². The summed E-state index contributed by atoms with van der Waals surface area (Å²) in [5.74, 6) is 0.747. The molecule has 1 N–H and O–H groups in total. The summed E-state index contributed by atoms with van der Waals surface area (Å²) in [6, 6.07) is 5.39. The first kappa shape index (κ1) is 9.31. The Morgan fingerprint density at radius 1 is 1.50 bits per heavy atom. The first-order chi connectivity index (χ1) is 6.61. The van der Waals surface area contributed by atoms with Crippen molar-refractivity contribution in [1.82, 2.24) is 0 Å². The minimum atomic E-state index is -0.447. The molecule has 2 rings (SSSR count). The van der Waals surface area contributed by atoms with Gasteiger partial charge in [0.25, 0.3) is 0 Å². The summed E-state index contributed by atoms with van der Waals surface area (Å²) in [4.78, 5) is 0. The van der Waals surface area contributed by atoms with E-state index in [2.05, 4.69) is 5.32 Å². The van der Waals surface area contributed by atoms with E-state index in [0.717, 1.165) is 18.0 Å². The molecule has 1 aliphatic rings. The number of nitrogens with one attached hydrogen (secondary N) is 1. The van der Waals surface area contributed by atoms with Crippen molar-refractivity contribution in [3.8, 4) is 5.75 Å². The molecular weight excluding hydrogens is 181 g/mol. The van der Waals surface area contributed by atoms with Gasteiger partial charge in [0.05, 0.1) is 12.2 Å². The molecule has 0 saturated carbocycles. The molecule has 0 unspecified atom stereocenters. The van der Waals surface area contributed by atoms with Gasteiger partial charge in [-0.25, -0.2) is 4.39 Å². The largest absolute Gasteiger partial charge is 0.484 e. The summed E-state index contributed by atoms with van der Waals surface area (Å²) in [7, 11) is 0. The van der Waals surface area contributed by atoms with Gasteiger partial charge >= 0.3 is 0 Å². The average Bonchev–Trinajstić information content (AvgIpc) is 2.15. The molecule has 0 spiro atoms. The third-order valence-corrected chi connectivity index (χ3v) is 2.29. The lowest BCUT2D eigenvalue weighted by molar-refractivity contribution is 0.116. The number of alkyl halides is 1. The molecule has 76 valence electrons. The summed E-state index contributed by atoms with van der Waals surface area (Å²) in [5, 5.41) is 3.26. The van der Waals surface area contributed by atoms with Crippen LogP contribution in [0.5, 0.6) is 5.75 Å². The lowest BCUT2D eigenvalue weighted by Crippen LogP contribution is -2.40. The maximum absolute atomic E-state index is 12.4. The van der Waals surface area contributed by atoms with Crippen molar-refractivity contribution in [1.29, 1.82) is 0 Å². The van der Waals surface area contributed by atoms with Gasteiger partial charge in [0.1, 0.15) is 18.0 Å². The fraction of sp³-hybridized carbons (Fsp3) is 0.455. The first-order valence-corrected chi connectivity index (χ1v) is 4.72. The summed E-state index contributed by atoms with van der Waals surface area (Å²) in [5.41, 5.74) is 1.38. The maximum Gasteiger partial charge on any atom is 0.143 e. The fourth-order valence-electron chi connectivity index (χ4n) is 1.52. The molecule has 0 amide bonds. The molecule has 3 heteroatoms. The fourth-order valence-corrected chi connectivity index (χ4v) is 1.52. The van der Waals surface area contributed by atoms with Crippen LogP contribution in [-0.4, -0.2) is 12.1 Å². The van der Waals surface area contributed by atoms with Gasteiger partial charge in [-0.05, 0) is 31.5 Å². The molecule has 1 heterocycles. The Hall–Kier alpha value is -1.25. The van der Waals surface area contributed by atoms with E-state index in [1.807, 2.05) is 19.9 Å². The van der Waals surface area contributed by atoms with Crippen molar-refractivity contribution in [2.45, 2.75) is 26.1 Å². The Labute approximate surface area is 83.1 Å². The van der Waals surface area contributed by atoms with E-state index in [-0.39, 0.29) is 5.60 Å². The molecular formula is C11H14FNO. The highest BCUT2D eigenvalue weighted by Crippen LogP contribution is 2.33. The predicted molar refractivity (Wildman–Crippen MR) is 54.5 cm³/mol. The van der Waals surface area contributed by atoms with Crippen molar-refractivity contribution in [3.63, 3.8) is 0 Å². The smallest absolute Gasteiger partial charge is 0.143 e. The third-order valence-electron chi connectivity index (χ3n) is 2.29. The first-order valence-electron chi connectivity index (χ1n) is 4.72. The average molecular weight is 195 g/mol. The van der Waals surface area contributed by atoms with Gasteiger partial charge in [-0.1, -0.05) is 6.07 Å². The highest BCUT2D eigenvalue weighted by atomic mass is 19.1. The van der Waals surface area contributed by atoms with Crippen molar-refractivity contribution < 1.29 is 9.13 Å². The number of fused-ring (bicyclic) bond motifs is 1. The van der Waals surface area contributed by atoms with Crippen LogP contribution >= 0.6 is 0 Å². The van der Waals surface area contributed by atoms with Crippen molar-refractivity contribution >= 4 is 5.69 Å². The van der Waals surface area contributed by atoms with E-state index in [4.69, 9.17) is 4.74 Å². The van der Waals surface area contributed by atoms with Crippen LogP contribution in [0.4, 0.5) is 10.1 Å². The molecule has 1 aliphatic heterocycles. The second-order valence-electron chi connectivity index (χ2n) is 4.18. The summed E-state index contributed by atoms with van der Waals surface area (Å²) in [6.07, 6.45) is 0. The molecule has 1 aromatic carbocycles. The van der Waals surface area contributed by atoms with Crippen LogP contribution in [0, 0.1) is 0 Å². The van der Waals surface area contributed by atoms with Crippen molar-refractivity contribution in [2.24, 2.45) is 0 Å². The Bertz CT molecular complexity index is 349. The number of benzene rings is 1. The van der Waals surface area contributed by atoms with Gasteiger partial charge in [-0.3, -0.25) is 0 Å². The zero-order valence-electron chi connectivity index (χ0n) is 8.43. The molecule has 2 nitrogen and oxygen atoms in total. The normalized spacial score (nSPS) is 17.9. The summed E-state index contributed by atoms with van der Waals surface area (Å²) in [6.45, 7) is 4.34. The number of halogens is 1. The molecule has 0 atom stereocenters. The molecule has 0 bridgehead atoms. The number of anilines is 1. The lowest BCUT2D eigenvalue weighted by atomic mass is 10.1. The van der Waals surface area contributed by atoms with Gasteiger partial charge in [0.2, 0.25) is 0 Å². The summed E-state index contributed by atoms with van der Waals surface area (Å²) >= 11 is 0. The second kappa shape index (κ2) is 3.15. The SMILES string of the molecule is CC1(C)CNc2ccc(CF)cc2O1. The molecule has 14 heavy (non-hydrogen) atoms. The van der Waals surface area contributed by atoms with E-state index in [9.17, 15) is 4.39 Å². The lowest BCUT2D eigenvalue weighted by Gasteiger charge is -2.33. The van der Waals surface area contributed by atoms with Crippen LogP contribution in [0.1, 0.15) is 19.4 Å². The van der Waals surface area contributed by atoms with E-state index < -0.39 is 6.67 Å². The Balaban J connectivity index is 2.34. The maximum atomic E-state index is 12.4. The number of rotatable bonds is 1. The van der Waals surface area contributed by atoms with Gasteiger partial charge in [0.15, 0.2) is 0 Å². The van der Waals surface area contributed by atoms with E-state index in [1.54, 1.807) is 12.1 Å². The minimum Gasteiger partial charge on any atom is -0.484 e. The van der Waals surface area contributed by atoms with E-state index >= 15 is 0 Å². The van der Waals surface area contributed by atoms with Crippen molar-refractivity contribution in [3.05, 3.63) is 23.8 Å². The molecule has 0 aromatic heterocycles. The third kappa shape index (κ3) is 1.67.